The van der Waals surface area contributed by atoms with Crippen LogP contribution in [0.3, 0.4) is 0 Å². The van der Waals surface area contributed by atoms with Gasteiger partial charge in [-0.05, 0) is 33.2 Å². The molecule has 0 spiro atoms. The molecule has 80 valence electrons. The Hall–Kier alpha value is -0.0400. The summed E-state index contributed by atoms with van der Waals surface area (Å²) in [5, 5.41) is 0. The lowest BCUT2D eigenvalue weighted by Gasteiger charge is -2.33. The highest BCUT2D eigenvalue weighted by Crippen LogP contribution is 2.13. The standard InChI is InChI=1S/C12H27N/c1-6-9-10-12(5)13(8-3)11(4)7-2/h11-12H,6-10H2,1-5H3. The van der Waals surface area contributed by atoms with Crippen LogP contribution in [-0.4, -0.2) is 23.5 Å². The Morgan fingerprint density at radius 2 is 1.62 bits per heavy atom. The fourth-order valence-corrected chi connectivity index (χ4v) is 1.96. The summed E-state index contributed by atoms with van der Waals surface area (Å²) in [4.78, 5) is 2.62. The predicted octanol–water partition coefficient (Wildman–Crippen LogP) is 3.69. The molecule has 2 unspecified atom stereocenters. The summed E-state index contributed by atoms with van der Waals surface area (Å²) in [5.74, 6) is 0. The predicted molar refractivity (Wildman–Crippen MR) is 61.1 cm³/mol. The van der Waals surface area contributed by atoms with Gasteiger partial charge in [0.25, 0.3) is 0 Å². The quantitative estimate of drug-likeness (QED) is 0.585. The highest BCUT2D eigenvalue weighted by Gasteiger charge is 2.15. The van der Waals surface area contributed by atoms with Crippen molar-refractivity contribution in [1.29, 1.82) is 0 Å². The number of hydrogen-bond donors (Lipinski definition) is 0. The molecule has 0 N–H and O–H groups in total. The van der Waals surface area contributed by atoms with Crippen LogP contribution in [0, 0.1) is 0 Å². The van der Waals surface area contributed by atoms with Gasteiger partial charge in [0, 0.05) is 12.1 Å². The summed E-state index contributed by atoms with van der Waals surface area (Å²) in [7, 11) is 0. The molecule has 0 aliphatic heterocycles. The number of nitrogens with zero attached hydrogens (tertiary/aromatic N) is 1. The Bertz CT molecular complexity index is 112. The first kappa shape index (κ1) is 13.0. The third-order valence-electron chi connectivity index (χ3n) is 3.06. The molecule has 0 aliphatic rings. The Kier molecular flexibility index (Phi) is 7.35. The van der Waals surface area contributed by atoms with E-state index in [1.54, 1.807) is 0 Å². The Labute approximate surface area is 84.5 Å². The highest BCUT2D eigenvalue weighted by atomic mass is 15.2. The van der Waals surface area contributed by atoms with Crippen LogP contribution in [0.2, 0.25) is 0 Å². The molecule has 2 atom stereocenters. The normalized spacial score (nSPS) is 16.2. The van der Waals surface area contributed by atoms with Crippen molar-refractivity contribution in [2.75, 3.05) is 6.54 Å². The molecule has 0 rings (SSSR count). The second-order valence-corrected chi connectivity index (χ2v) is 4.08. The van der Waals surface area contributed by atoms with Gasteiger partial charge >= 0.3 is 0 Å². The van der Waals surface area contributed by atoms with Crippen molar-refractivity contribution in [3.8, 4) is 0 Å². The molecule has 13 heavy (non-hydrogen) atoms. The molecule has 0 aromatic carbocycles. The Morgan fingerprint density at radius 1 is 1.00 bits per heavy atom. The van der Waals surface area contributed by atoms with Crippen molar-refractivity contribution < 1.29 is 0 Å². The molecule has 0 aromatic rings. The summed E-state index contributed by atoms with van der Waals surface area (Å²) >= 11 is 0. The highest BCUT2D eigenvalue weighted by molar-refractivity contribution is 4.71. The third-order valence-corrected chi connectivity index (χ3v) is 3.06. The number of hydrogen-bond acceptors (Lipinski definition) is 1. The second-order valence-electron chi connectivity index (χ2n) is 4.08. The van der Waals surface area contributed by atoms with Crippen molar-refractivity contribution in [2.24, 2.45) is 0 Å². The molecule has 0 aromatic heterocycles. The van der Waals surface area contributed by atoms with E-state index in [-0.39, 0.29) is 0 Å². The van der Waals surface area contributed by atoms with E-state index in [1.807, 2.05) is 0 Å². The van der Waals surface area contributed by atoms with E-state index in [4.69, 9.17) is 0 Å². The molecule has 0 radical (unpaired) electrons. The topological polar surface area (TPSA) is 3.24 Å². The zero-order valence-electron chi connectivity index (χ0n) is 10.1. The van der Waals surface area contributed by atoms with Crippen molar-refractivity contribution in [2.45, 2.75) is 72.4 Å². The largest absolute Gasteiger partial charge is 0.298 e. The monoisotopic (exact) mass is 185 g/mol. The zero-order chi connectivity index (χ0) is 10.3. The smallest absolute Gasteiger partial charge is 0.00696 e. The summed E-state index contributed by atoms with van der Waals surface area (Å²) < 4.78 is 0. The first-order valence-electron chi connectivity index (χ1n) is 5.93. The van der Waals surface area contributed by atoms with Crippen molar-refractivity contribution in [3.63, 3.8) is 0 Å². The molecule has 0 saturated carbocycles. The number of unbranched alkanes of at least 4 members (excludes halogenated alkanes) is 1. The molecule has 0 fully saturated rings. The maximum atomic E-state index is 2.62. The molecule has 0 aliphatic carbocycles. The van der Waals surface area contributed by atoms with Gasteiger partial charge in [-0.3, -0.25) is 4.90 Å². The van der Waals surface area contributed by atoms with Crippen molar-refractivity contribution in [3.05, 3.63) is 0 Å². The maximum Gasteiger partial charge on any atom is 0.00696 e. The molecule has 0 saturated heterocycles. The van der Waals surface area contributed by atoms with Gasteiger partial charge in [-0.1, -0.05) is 33.6 Å². The van der Waals surface area contributed by atoms with E-state index < -0.39 is 0 Å². The van der Waals surface area contributed by atoms with Crippen LogP contribution < -0.4 is 0 Å². The van der Waals surface area contributed by atoms with Gasteiger partial charge in [-0.15, -0.1) is 0 Å². The first-order chi connectivity index (χ1) is 6.17. The van der Waals surface area contributed by atoms with E-state index in [2.05, 4.69) is 39.5 Å². The minimum Gasteiger partial charge on any atom is -0.298 e. The van der Waals surface area contributed by atoms with Crippen LogP contribution in [0.15, 0.2) is 0 Å². The van der Waals surface area contributed by atoms with Gasteiger partial charge in [0.1, 0.15) is 0 Å². The molecule has 0 amide bonds. The van der Waals surface area contributed by atoms with E-state index >= 15 is 0 Å². The van der Waals surface area contributed by atoms with E-state index in [0.717, 1.165) is 12.1 Å². The zero-order valence-corrected chi connectivity index (χ0v) is 10.1. The van der Waals surface area contributed by atoms with Crippen molar-refractivity contribution in [1.82, 2.24) is 4.90 Å². The molecule has 1 nitrogen and oxygen atoms in total. The van der Waals surface area contributed by atoms with Gasteiger partial charge < -0.3 is 0 Å². The van der Waals surface area contributed by atoms with Crippen molar-refractivity contribution >= 4 is 0 Å². The number of rotatable bonds is 7. The SMILES string of the molecule is CCCCC(C)N(CC)C(C)CC. The fraction of sp³-hybridized carbons (Fsp3) is 1.00. The lowest BCUT2D eigenvalue weighted by molar-refractivity contribution is 0.149. The van der Waals surface area contributed by atoms with Crippen LogP contribution in [-0.2, 0) is 0 Å². The summed E-state index contributed by atoms with van der Waals surface area (Å²) in [6, 6.07) is 1.51. The Morgan fingerprint density at radius 3 is 2.00 bits per heavy atom. The average molecular weight is 185 g/mol. The van der Waals surface area contributed by atoms with Crippen LogP contribution in [0.5, 0.6) is 0 Å². The van der Waals surface area contributed by atoms with Gasteiger partial charge in [-0.25, -0.2) is 0 Å². The summed E-state index contributed by atoms with van der Waals surface area (Å²) in [6.45, 7) is 12.7. The summed E-state index contributed by atoms with van der Waals surface area (Å²) in [5.41, 5.74) is 0. The Balaban J connectivity index is 3.90. The van der Waals surface area contributed by atoms with Gasteiger partial charge in [0.15, 0.2) is 0 Å². The van der Waals surface area contributed by atoms with E-state index in [0.29, 0.717) is 0 Å². The molecular weight excluding hydrogens is 158 g/mol. The van der Waals surface area contributed by atoms with Gasteiger partial charge in [0.2, 0.25) is 0 Å². The fourth-order valence-electron chi connectivity index (χ4n) is 1.96. The van der Waals surface area contributed by atoms with Crippen LogP contribution >= 0.6 is 0 Å². The molecule has 1 heteroatoms. The summed E-state index contributed by atoms with van der Waals surface area (Å²) in [6.07, 6.45) is 5.31. The average Bonchev–Trinajstić information content (AvgIpc) is 2.15. The third kappa shape index (κ3) is 4.66. The van der Waals surface area contributed by atoms with E-state index in [9.17, 15) is 0 Å². The molecule has 0 heterocycles. The maximum absolute atomic E-state index is 2.62. The van der Waals surface area contributed by atoms with Gasteiger partial charge in [0.05, 0.1) is 0 Å². The lowest BCUT2D eigenvalue weighted by Crippen LogP contribution is -2.39. The molecular formula is C12H27N. The van der Waals surface area contributed by atoms with Gasteiger partial charge in [-0.2, -0.15) is 0 Å². The van der Waals surface area contributed by atoms with E-state index in [1.165, 1.54) is 32.2 Å². The van der Waals surface area contributed by atoms with Crippen LogP contribution in [0.4, 0.5) is 0 Å². The lowest BCUT2D eigenvalue weighted by atomic mass is 10.1. The first-order valence-corrected chi connectivity index (χ1v) is 5.93. The minimum absolute atomic E-state index is 0.747. The molecule has 0 bridgehead atoms. The van der Waals surface area contributed by atoms with Crippen LogP contribution in [0.25, 0.3) is 0 Å². The van der Waals surface area contributed by atoms with Crippen LogP contribution in [0.1, 0.15) is 60.3 Å². The minimum atomic E-state index is 0.747. The second kappa shape index (κ2) is 7.37.